The molecule has 6 nitrogen and oxygen atoms in total. The number of thiazole rings is 1. The number of aryl methyl sites for hydroxylation is 1. The molecule has 2 aromatic rings. The number of carbonyl (C=O) groups excluding carboxylic acids is 1. The number of rotatable bonds is 5. The van der Waals surface area contributed by atoms with Crippen LogP contribution >= 0.6 is 22.9 Å². The Balaban J connectivity index is 1.26. The molecule has 29 heavy (non-hydrogen) atoms. The van der Waals surface area contributed by atoms with Gasteiger partial charge in [-0.3, -0.25) is 4.79 Å². The van der Waals surface area contributed by atoms with Crippen LogP contribution in [0.1, 0.15) is 30.5 Å². The molecule has 0 aliphatic carbocycles. The Labute approximate surface area is 180 Å². The third-order valence-corrected chi connectivity index (χ3v) is 6.54. The van der Waals surface area contributed by atoms with Crippen LogP contribution in [0.3, 0.4) is 0 Å². The van der Waals surface area contributed by atoms with Gasteiger partial charge in [-0.2, -0.15) is 0 Å². The molecule has 0 saturated carbocycles. The van der Waals surface area contributed by atoms with Gasteiger partial charge in [-0.1, -0.05) is 11.6 Å². The minimum absolute atomic E-state index is 0.0583. The minimum atomic E-state index is 0.0583. The van der Waals surface area contributed by atoms with Crippen molar-refractivity contribution >= 4 is 34.0 Å². The van der Waals surface area contributed by atoms with Crippen molar-refractivity contribution in [2.45, 2.75) is 32.6 Å². The summed E-state index contributed by atoms with van der Waals surface area (Å²) in [6.07, 6.45) is 3.51. The summed E-state index contributed by atoms with van der Waals surface area (Å²) < 4.78 is 11.5. The summed E-state index contributed by atoms with van der Waals surface area (Å²) in [4.78, 5) is 19.2. The molecule has 156 valence electrons. The fraction of sp³-hybridized carbons (Fsp3) is 0.524. The molecule has 4 rings (SSSR count). The van der Waals surface area contributed by atoms with Crippen LogP contribution in [-0.2, 0) is 11.2 Å². The van der Waals surface area contributed by atoms with Crippen molar-refractivity contribution in [3.63, 3.8) is 0 Å². The molecule has 0 radical (unpaired) electrons. The number of piperidine rings is 1. The maximum absolute atomic E-state index is 12.5. The molecule has 1 amide bonds. The highest BCUT2D eigenvalue weighted by Gasteiger charge is 2.25. The third-order valence-electron chi connectivity index (χ3n) is 5.39. The van der Waals surface area contributed by atoms with E-state index in [1.165, 1.54) is 11.3 Å². The van der Waals surface area contributed by atoms with Gasteiger partial charge in [0.2, 0.25) is 5.91 Å². The monoisotopic (exact) mass is 435 g/mol. The summed E-state index contributed by atoms with van der Waals surface area (Å²) in [6.45, 7) is 6.01. The van der Waals surface area contributed by atoms with Crippen LogP contribution in [0.25, 0.3) is 0 Å². The van der Waals surface area contributed by atoms with Crippen LogP contribution in [0.5, 0.6) is 11.5 Å². The van der Waals surface area contributed by atoms with E-state index < -0.39 is 0 Å². The SMILES string of the molecule is Cc1csc(NC(=O)C2CCN(CCc3cc(Cl)c4c(c3)OCCCO4)CC2)n1. The first-order valence-corrected chi connectivity index (χ1v) is 11.4. The van der Waals surface area contributed by atoms with Crippen molar-refractivity contribution in [3.8, 4) is 11.5 Å². The van der Waals surface area contributed by atoms with Crippen LogP contribution in [0.4, 0.5) is 5.13 Å². The van der Waals surface area contributed by atoms with Gasteiger partial charge in [-0.15, -0.1) is 11.3 Å². The van der Waals surface area contributed by atoms with Crippen LogP contribution in [0, 0.1) is 12.8 Å². The van der Waals surface area contributed by atoms with Crippen molar-refractivity contribution in [1.82, 2.24) is 9.88 Å². The largest absolute Gasteiger partial charge is 0.489 e. The first-order chi connectivity index (χ1) is 14.1. The zero-order valence-corrected chi connectivity index (χ0v) is 18.2. The van der Waals surface area contributed by atoms with Crippen molar-refractivity contribution in [2.24, 2.45) is 5.92 Å². The minimum Gasteiger partial charge on any atom is -0.489 e. The van der Waals surface area contributed by atoms with Gasteiger partial charge in [-0.25, -0.2) is 4.98 Å². The highest BCUT2D eigenvalue weighted by molar-refractivity contribution is 7.13. The smallest absolute Gasteiger partial charge is 0.229 e. The fourth-order valence-corrected chi connectivity index (χ4v) is 4.73. The summed E-state index contributed by atoms with van der Waals surface area (Å²) in [5.74, 6) is 1.56. The molecular formula is C21H26ClN3O3S. The maximum atomic E-state index is 12.5. The van der Waals surface area contributed by atoms with Crippen molar-refractivity contribution in [3.05, 3.63) is 33.8 Å². The second-order valence-electron chi connectivity index (χ2n) is 7.60. The second-order valence-corrected chi connectivity index (χ2v) is 8.87. The standard InChI is InChI=1S/C21H26ClN3O3S/c1-14-13-29-21(23-14)24-20(26)16-4-7-25(8-5-16)6-3-15-11-17(22)19-18(12-15)27-9-2-10-28-19/h11-13,16H,2-10H2,1H3,(H,23,24,26). The average Bonchev–Trinajstić information content (AvgIpc) is 2.97. The van der Waals surface area contributed by atoms with Crippen molar-refractivity contribution in [2.75, 3.05) is 38.2 Å². The molecule has 1 aromatic heterocycles. The molecule has 1 saturated heterocycles. The molecule has 0 spiro atoms. The molecule has 1 aromatic carbocycles. The topological polar surface area (TPSA) is 63.7 Å². The molecule has 2 aliphatic rings. The predicted molar refractivity (Wildman–Crippen MR) is 115 cm³/mol. The van der Waals surface area contributed by atoms with E-state index in [-0.39, 0.29) is 11.8 Å². The number of aromatic nitrogens is 1. The van der Waals surface area contributed by atoms with Gasteiger partial charge in [0.1, 0.15) is 0 Å². The van der Waals surface area contributed by atoms with Crippen LogP contribution < -0.4 is 14.8 Å². The Bertz CT molecular complexity index is 865. The molecular weight excluding hydrogens is 410 g/mol. The highest BCUT2D eigenvalue weighted by Crippen LogP contribution is 2.38. The van der Waals surface area contributed by atoms with E-state index in [4.69, 9.17) is 21.1 Å². The molecule has 1 N–H and O–H groups in total. The zero-order chi connectivity index (χ0) is 20.2. The number of likely N-dealkylation sites (tertiary alicyclic amines) is 1. The number of amides is 1. The molecule has 3 heterocycles. The number of fused-ring (bicyclic) bond motifs is 1. The van der Waals surface area contributed by atoms with Gasteiger partial charge < -0.3 is 19.7 Å². The summed E-state index contributed by atoms with van der Waals surface area (Å²) >= 11 is 7.87. The fourth-order valence-electron chi connectivity index (χ4n) is 3.75. The van der Waals surface area contributed by atoms with E-state index in [2.05, 4.69) is 15.2 Å². The van der Waals surface area contributed by atoms with Gasteiger partial charge in [-0.05, 0) is 57.0 Å². The van der Waals surface area contributed by atoms with Gasteiger partial charge in [0.05, 0.1) is 23.9 Å². The van der Waals surface area contributed by atoms with Gasteiger partial charge in [0, 0.05) is 24.3 Å². The van der Waals surface area contributed by atoms with Crippen LogP contribution in [0.15, 0.2) is 17.5 Å². The number of carbonyl (C=O) groups is 1. The average molecular weight is 436 g/mol. The number of nitrogens with one attached hydrogen (secondary N) is 1. The number of ether oxygens (including phenoxy) is 2. The number of hydrogen-bond donors (Lipinski definition) is 1. The van der Waals surface area contributed by atoms with E-state index in [0.717, 1.165) is 62.3 Å². The normalized spacial score (nSPS) is 17.7. The summed E-state index contributed by atoms with van der Waals surface area (Å²) in [7, 11) is 0. The van der Waals surface area contributed by atoms with Gasteiger partial charge in [0.15, 0.2) is 16.6 Å². The Morgan fingerprint density at radius 2 is 2.10 bits per heavy atom. The van der Waals surface area contributed by atoms with Crippen molar-refractivity contribution < 1.29 is 14.3 Å². The lowest BCUT2D eigenvalue weighted by Crippen LogP contribution is -2.39. The molecule has 2 aliphatic heterocycles. The molecule has 0 bridgehead atoms. The molecule has 1 fully saturated rings. The summed E-state index contributed by atoms with van der Waals surface area (Å²) in [6, 6.07) is 4.02. The summed E-state index contributed by atoms with van der Waals surface area (Å²) in [5.41, 5.74) is 2.09. The Hall–Kier alpha value is -1.83. The van der Waals surface area contributed by atoms with E-state index in [9.17, 15) is 4.79 Å². The Morgan fingerprint density at radius 1 is 1.31 bits per heavy atom. The number of anilines is 1. The zero-order valence-electron chi connectivity index (χ0n) is 16.6. The first-order valence-electron chi connectivity index (χ1n) is 10.1. The lowest BCUT2D eigenvalue weighted by Gasteiger charge is -2.31. The molecule has 0 atom stereocenters. The lowest BCUT2D eigenvalue weighted by atomic mass is 9.95. The van der Waals surface area contributed by atoms with Crippen LogP contribution in [0.2, 0.25) is 5.02 Å². The van der Waals surface area contributed by atoms with E-state index in [1.54, 1.807) is 0 Å². The van der Waals surface area contributed by atoms with Crippen LogP contribution in [-0.4, -0.2) is 48.6 Å². The number of benzene rings is 1. The third kappa shape index (κ3) is 5.21. The Kier molecular flexibility index (Phi) is 6.57. The van der Waals surface area contributed by atoms with E-state index >= 15 is 0 Å². The van der Waals surface area contributed by atoms with E-state index in [0.29, 0.717) is 29.1 Å². The second kappa shape index (κ2) is 9.32. The van der Waals surface area contributed by atoms with Crippen molar-refractivity contribution in [1.29, 1.82) is 0 Å². The van der Waals surface area contributed by atoms with Gasteiger partial charge >= 0.3 is 0 Å². The maximum Gasteiger partial charge on any atom is 0.229 e. The summed E-state index contributed by atoms with van der Waals surface area (Å²) in [5, 5.41) is 6.22. The lowest BCUT2D eigenvalue weighted by molar-refractivity contribution is -0.121. The van der Waals surface area contributed by atoms with E-state index in [1.807, 2.05) is 24.4 Å². The first kappa shape index (κ1) is 20.4. The Morgan fingerprint density at radius 3 is 2.86 bits per heavy atom. The number of hydrogen-bond acceptors (Lipinski definition) is 6. The highest BCUT2D eigenvalue weighted by atomic mass is 35.5. The quantitative estimate of drug-likeness (QED) is 0.763. The number of halogens is 1. The number of nitrogens with zero attached hydrogens (tertiary/aromatic N) is 2. The predicted octanol–water partition coefficient (Wildman–Crippen LogP) is 4.16. The van der Waals surface area contributed by atoms with Gasteiger partial charge in [0.25, 0.3) is 0 Å². The molecule has 8 heteroatoms. The molecule has 0 unspecified atom stereocenters.